The zero-order valence-electron chi connectivity index (χ0n) is 13.3. The molecule has 6 nitrogen and oxygen atoms in total. The normalized spacial score (nSPS) is 11.9. The van der Waals surface area contributed by atoms with E-state index in [9.17, 15) is 9.59 Å². The van der Waals surface area contributed by atoms with Gasteiger partial charge in [0.15, 0.2) is 11.5 Å². The van der Waals surface area contributed by atoms with E-state index in [1.807, 2.05) is 30.3 Å². The summed E-state index contributed by atoms with van der Waals surface area (Å²) in [5.41, 5.74) is 13.7. The molecular weight excluding hydrogens is 326 g/mol. The first-order valence-electron chi connectivity index (χ1n) is 7.78. The molecule has 1 atom stereocenters. The highest BCUT2D eigenvalue weighted by molar-refractivity contribution is 7.12. The van der Waals surface area contributed by atoms with E-state index in [2.05, 4.69) is 4.98 Å². The first-order chi connectivity index (χ1) is 11.6. The summed E-state index contributed by atoms with van der Waals surface area (Å²) in [5.74, 6) is -0.890. The van der Waals surface area contributed by atoms with Crippen LogP contribution in [0.25, 0.3) is 0 Å². The number of nitrogens with two attached hydrogens (primary N) is 2. The van der Waals surface area contributed by atoms with Gasteiger partial charge in [-0.3, -0.25) is 4.79 Å². The van der Waals surface area contributed by atoms with Gasteiger partial charge in [0, 0.05) is 0 Å². The molecule has 0 aliphatic rings. The summed E-state index contributed by atoms with van der Waals surface area (Å²) >= 11 is 1.11. The van der Waals surface area contributed by atoms with E-state index in [1.54, 1.807) is 0 Å². The number of hydrogen-bond donors (Lipinski definition) is 2. The fourth-order valence-electron chi connectivity index (χ4n) is 2.17. The molecule has 4 N–H and O–H groups in total. The first-order valence-corrected chi connectivity index (χ1v) is 8.66. The lowest BCUT2D eigenvalue weighted by atomic mass is 10.0. The summed E-state index contributed by atoms with van der Waals surface area (Å²) in [6.07, 6.45) is 2.12. The number of ketones is 1. The smallest absolute Gasteiger partial charge is 0.358 e. The fraction of sp³-hybridized carbons (Fsp3) is 0.353. The topological polar surface area (TPSA) is 108 Å². The van der Waals surface area contributed by atoms with Crippen LogP contribution in [-0.4, -0.2) is 29.3 Å². The second kappa shape index (κ2) is 9.27. The van der Waals surface area contributed by atoms with Crippen molar-refractivity contribution in [2.75, 3.05) is 6.54 Å². The highest BCUT2D eigenvalue weighted by Gasteiger charge is 2.25. The molecule has 0 amide bonds. The van der Waals surface area contributed by atoms with Gasteiger partial charge in [-0.25, -0.2) is 9.78 Å². The second-order valence-electron chi connectivity index (χ2n) is 5.35. The molecule has 24 heavy (non-hydrogen) atoms. The van der Waals surface area contributed by atoms with Crippen molar-refractivity contribution in [2.45, 2.75) is 31.9 Å². The summed E-state index contributed by atoms with van der Waals surface area (Å²) in [7, 11) is 0. The lowest BCUT2D eigenvalue weighted by Crippen LogP contribution is -2.31. The standard InChI is InChI=1S/C17H21N3O3S/c18-9-5-4-8-13(19)15(21)16-14(20-11-24-16)17(22)23-10-12-6-2-1-3-7-12/h1-3,6-7,11,13H,4-5,8-10,18-19H2/t13-/m0/s1. The number of unbranched alkanes of at least 4 members (excludes halogenated alkanes) is 1. The molecule has 0 aliphatic carbocycles. The van der Waals surface area contributed by atoms with Gasteiger partial charge in [-0.15, -0.1) is 11.3 Å². The average Bonchev–Trinajstić information content (AvgIpc) is 3.09. The Balaban J connectivity index is 1.98. The lowest BCUT2D eigenvalue weighted by Gasteiger charge is -2.10. The minimum Gasteiger partial charge on any atom is -0.456 e. The number of benzene rings is 1. The Hall–Kier alpha value is -2.09. The van der Waals surface area contributed by atoms with Gasteiger partial charge in [0.1, 0.15) is 11.5 Å². The van der Waals surface area contributed by atoms with Crippen LogP contribution in [0.15, 0.2) is 35.8 Å². The zero-order valence-corrected chi connectivity index (χ0v) is 14.1. The Morgan fingerprint density at radius 2 is 1.96 bits per heavy atom. The Kier molecular flexibility index (Phi) is 7.05. The third-order valence-electron chi connectivity index (χ3n) is 3.50. The number of carbonyl (C=O) groups excluding carboxylic acids is 2. The van der Waals surface area contributed by atoms with Crippen LogP contribution in [0.2, 0.25) is 0 Å². The third-order valence-corrected chi connectivity index (χ3v) is 4.34. The predicted octanol–water partition coefficient (Wildman–Crippen LogP) is 2.14. The van der Waals surface area contributed by atoms with Crippen molar-refractivity contribution in [1.29, 1.82) is 0 Å². The quantitative estimate of drug-likeness (QED) is 0.409. The number of Topliss-reactive ketones (excluding diaryl/α,β-unsaturated/α-hetero) is 1. The zero-order chi connectivity index (χ0) is 17.4. The van der Waals surface area contributed by atoms with Gasteiger partial charge in [0.2, 0.25) is 0 Å². The molecule has 0 radical (unpaired) electrons. The maximum absolute atomic E-state index is 12.4. The van der Waals surface area contributed by atoms with Gasteiger partial charge in [0.05, 0.1) is 11.6 Å². The van der Waals surface area contributed by atoms with Crippen LogP contribution in [0.5, 0.6) is 0 Å². The monoisotopic (exact) mass is 347 g/mol. The van der Waals surface area contributed by atoms with Crippen LogP contribution in [0, 0.1) is 0 Å². The Bertz CT molecular complexity index is 673. The molecule has 1 heterocycles. The number of nitrogens with zero attached hydrogens (tertiary/aromatic N) is 1. The highest BCUT2D eigenvalue weighted by atomic mass is 32.1. The number of carbonyl (C=O) groups is 2. The molecule has 7 heteroatoms. The van der Waals surface area contributed by atoms with Crippen molar-refractivity contribution in [2.24, 2.45) is 11.5 Å². The molecule has 0 bridgehead atoms. The first kappa shape index (κ1) is 18.3. The number of rotatable bonds is 9. The van der Waals surface area contributed by atoms with Gasteiger partial charge in [-0.05, 0) is 24.9 Å². The predicted molar refractivity (Wildman–Crippen MR) is 92.9 cm³/mol. The van der Waals surface area contributed by atoms with E-state index in [4.69, 9.17) is 16.2 Å². The van der Waals surface area contributed by atoms with Crippen molar-refractivity contribution >= 4 is 23.1 Å². The van der Waals surface area contributed by atoms with Gasteiger partial charge < -0.3 is 16.2 Å². The molecule has 0 spiro atoms. The molecule has 0 unspecified atom stereocenters. The summed E-state index contributed by atoms with van der Waals surface area (Å²) in [6, 6.07) is 8.66. The van der Waals surface area contributed by atoms with Crippen LogP contribution < -0.4 is 11.5 Å². The molecule has 1 aromatic heterocycles. The van der Waals surface area contributed by atoms with Crippen LogP contribution in [-0.2, 0) is 11.3 Å². The SMILES string of the molecule is NCCCC[C@H](N)C(=O)c1scnc1C(=O)OCc1ccccc1. The highest BCUT2D eigenvalue weighted by Crippen LogP contribution is 2.18. The number of hydrogen-bond acceptors (Lipinski definition) is 7. The van der Waals surface area contributed by atoms with Crippen molar-refractivity contribution in [1.82, 2.24) is 4.98 Å². The van der Waals surface area contributed by atoms with E-state index < -0.39 is 12.0 Å². The van der Waals surface area contributed by atoms with Gasteiger partial charge in [-0.2, -0.15) is 0 Å². The van der Waals surface area contributed by atoms with Crippen LogP contribution in [0.3, 0.4) is 0 Å². The molecule has 2 rings (SSSR count). The lowest BCUT2D eigenvalue weighted by molar-refractivity contribution is 0.0463. The molecule has 0 saturated heterocycles. The Morgan fingerprint density at radius 3 is 2.67 bits per heavy atom. The maximum Gasteiger partial charge on any atom is 0.358 e. The summed E-state index contributed by atoms with van der Waals surface area (Å²) in [4.78, 5) is 28.8. The molecule has 0 saturated carbocycles. The second-order valence-corrected chi connectivity index (χ2v) is 6.20. The number of ether oxygens (including phenoxy) is 1. The third kappa shape index (κ3) is 4.95. The molecule has 0 fully saturated rings. The summed E-state index contributed by atoms with van der Waals surface area (Å²) < 4.78 is 5.24. The largest absolute Gasteiger partial charge is 0.456 e. The van der Waals surface area contributed by atoms with Gasteiger partial charge in [-0.1, -0.05) is 36.8 Å². The molecule has 2 aromatic rings. The van der Waals surface area contributed by atoms with Crippen LogP contribution in [0.4, 0.5) is 0 Å². The van der Waals surface area contributed by atoms with Crippen molar-refractivity contribution in [3.8, 4) is 0 Å². The minimum absolute atomic E-state index is 0.0372. The molecule has 128 valence electrons. The van der Waals surface area contributed by atoms with E-state index in [-0.39, 0.29) is 23.0 Å². The van der Waals surface area contributed by atoms with E-state index >= 15 is 0 Å². The summed E-state index contributed by atoms with van der Waals surface area (Å²) in [6.45, 7) is 0.700. The summed E-state index contributed by atoms with van der Waals surface area (Å²) in [5, 5.41) is 0. The van der Waals surface area contributed by atoms with Gasteiger partial charge >= 0.3 is 5.97 Å². The van der Waals surface area contributed by atoms with E-state index in [0.717, 1.165) is 29.7 Å². The van der Waals surface area contributed by atoms with E-state index in [1.165, 1.54) is 5.51 Å². The molecule has 1 aromatic carbocycles. The minimum atomic E-state index is -0.655. The van der Waals surface area contributed by atoms with E-state index in [0.29, 0.717) is 13.0 Å². The maximum atomic E-state index is 12.4. The number of aromatic nitrogens is 1. The average molecular weight is 347 g/mol. The fourth-order valence-corrected chi connectivity index (χ4v) is 2.94. The number of esters is 1. The Morgan fingerprint density at radius 1 is 1.21 bits per heavy atom. The van der Waals surface area contributed by atoms with Crippen molar-refractivity contribution < 1.29 is 14.3 Å². The van der Waals surface area contributed by atoms with Gasteiger partial charge in [0.25, 0.3) is 0 Å². The molecule has 0 aliphatic heterocycles. The van der Waals surface area contributed by atoms with Crippen LogP contribution in [0.1, 0.15) is 45.0 Å². The Labute approximate surface area is 144 Å². The molecular formula is C17H21N3O3S. The number of thiazole rings is 1. The van der Waals surface area contributed by atoms with Crippen molar-refractivity contribution in [3.05, 3.63) is 52.0 Å². The van der Waals surface area contributed by atoms with Crippen LogP contribution >= 0.6 is 11.3 Å². The van der Waals surface area contributed by atoms with Crippen molar-refractivity contribution in [3.63, 3.8) is 0 Å².